The molecule has 3 heterocycles. The molecular formula is C18H16N4O3. The minimum Gasteiger partial charge on any atom is -0.495 e. The summed E-state index contributed by atoms with van der Waals surface area (Å²) in [5.74, 6) is 1.51. The molecule has 1 fully saturated rings. The lowest BCUT2D eigenvalue weighted by Gasteiger charge is -2.18. The van der Waals surface area contributed by atoms with E-state index in [4.69, 9.17) is 9.26 Å². The molecule has 7 nitrogen and oxygen atoms in total. The molecule has 0 N–H and O–H groups in total. The van der Waals surface area contributed by atoms with E-state index in [0.717, 1.165) is 11.3 Å². The van der Waals surface area contributed by atoms with Gasteiger partial charge in [0.15, 0.2) is 0 Å². The van der Waals surface area contributed by atoms with Crippen molar-refractivity contribution in [3.63, 3.8) is 0 Å². The van der Waals surface area contributed by atoms with Crippen LogP contribution < -0.4 is 9.64 Å². The van der Waals surface area contributed by atoms with Crippen molar-refractivity contribution >= 4 is 11.6 Å². The van der Waals surface area contributed by atoms with Crippen molar-refractivity contribution in [3.8, 4) is 17.1 Å². The number of carbonyl (C=O) groups excluding carboxylic acids is 1. The van der Waals surface area contributed by atoms with Crippen molar-refractivity contribution in [3.05, 3.63) is 54.7 Å². The van der Waals surface area contributed by atoms with Gasteiger partial charge in [-0.15, -0.1) is 0 Å². The standard InChI is InChI=1S/C18H16N4O3/c1-24-15-5-3-2-4-14(15)22-11-13(10-16(22)23)18-20-17(21-25-18)12-6-8-19-9-7-12/h2-9,13H,10-11H2,1H3. The van der Waals surface area contributed by atoms with Gasteiger partial charge in [-0.05, 0) is 24.3 Å². The Morgan fingerprint density at radius 1 is 1.20 bits per heavy atom. The molecule has 1 amide bonds. The summed E-state index contributed by atoms with van der Waals surface area (Å²) in [4.78, 5) is 22.6. The highest BCUT2D eigenvalue weighted by Gasteiger charge is 2.36. The molecule has 0 spiro atoms. The van der Waals surface area contributed by atoms with Crippen LogP contribution in [0, 0.1) is 0 Å². The van der Waals surface area contributed by atoms with Crippen molar-refractivity contribution in [2.45, 2.75) is 12.3 Å². The van der Waals surface area contributed by atoms with E-state index in [-0.39, 0.29) is 11.8 Å². The van der Waals surface area contributed by atoms with Crippen LogP contribution in [0.1, 0.15) is 18.2 Å². The van der Waals surface area contributed by atoms with Gasteiger partial charge in [-0.2, -0.15) is 4.98 Å². The Morgan fingerprint density at radius 3 is 2.80 bits per heavy atom. The summed E-state index contributed by atoms with van der Waals surface area (Å²) in [6, 6.07) is 11.1. The highest BCUT2D eigenvalue weighted by molar-refractivity contribution is 5.97. The summed E-state index contributed by atoms with van der Waals surface area (Å²) < 4.78 is 10.8. The van der Waals surface area contributed by atoms with Crippen molar-refractivity contribution in [2.75, 3.05) is 18.6 Å². The molecule has 1 aliphatic rings. The number of para-hydroxylation sites is 2. The van der Waals surface area contributed by atoms with Crippen LogP contribution in [-0.4, -0.2) is 34.7 Å². The lowest BCUT2D eigenvalue weighted by atomic mass is 10.1. The molecule has 4 rings (SSSR count). The second-order valence-electron chi connectivity index (χ2n) is 5.77. The molecule has 25 heavy (non-hydrogen) atoms. The highest BCUT2D eigenvalue weighted by atomic mass is 16.5. The number of benzene rings is 1. The largest absolute Gasteiger partial charge is 0.495 e. The first-order chi connectivity index (χ1) is 12.3. The fraction of sp³-hybridized carbons (Fsp3) is 0.222. The summed E-state index contributed by atoms with van der Waals surface area (Å²) in [6.45, 7) is 0.483. The Hall–Kier alpha value is -3.22. The summed E-state index contributed by atoms with van der Waals surface area (Å²) in [7, 11) is 1.59. The summed E-state index contributed by atoms with van der Waals surface area (Å²) in [5.41, 5.74) is 1.59. The Balaban J connectivity index is 1.58. The Morgan fingerprint density at radius 2 is 2.00 bits per heavy atom. The fourth-order valence-electron chi connectivity index (χ4n) is 2.98. The topological polar surface area (TPSA) is 81.3 Å². The summed E-state index contributed by atoms with van der Waals surface area (Å²) in [5, 5.41) is 4.02. The summed E-state index contributed by atoms with van der Waals surface area (Å²) >= 11 is 0. The van der Waals surface area contributed by atoms with E-state index in [1.807, 2.05) is 36.4 Å². The molecule has 7 heteroatoms. The first-order valence-corrected chi connectivity index (χ1v) is 7.93. The third kappa shape index (κ3) is 2.84. The molecule has 0 aliphatic carbocycles. The number of nitrogens with zero attached hydrogens (tertiary/aromatic N) is 4. The third-order valence-electron chi connectivity index (χ3n) is 4.23. The minimum absolute atomic E-state index is 0.0122. The second kappa shape index (κ2) is 6.35. The average Bonchev–Trinajstić information content (AvgIpc) is 3.29. The maximum absolute atomic E-state index is 12.5. The van der Waals surface area contributed by atoms with Gasteiger partial charge < -0.3 is 14.2 Å². The molecule has 3 aromatic rings. The molecule has 0 radical (unpaired) electrons. The van der Waals surface area contributed by atoms with Crippen LogP contribution in [0.25, 0.3) is 11.4 Å². The van der Waals surface area contributed by atoms with Crippen LogP contribution in [0.15, 0.2) is 53.3 Å². The van der Waals surface area contributed by atoms with Crippen molar-refractivity contribution < 1.29 is 14.1 Å². The van der Waals surface area contributed by atoms with E-state index in [1.54, 1.807) is 24.4 Å². The van der Waals surface area contributed by atoms with Crippen LogP contribution in [0.4, 0.5) is 5.69 Å². The quantitative estimate of drug-likeness (QED) is 0.728. The molecular weight excluding hydrogens is 320 g/mol. The fourth-order valence-corrected chi connectivity index (χ4v) is 2.98. The van der Waals surface area contributed by atoms with Gasteiger partial charge in [-0.25, -0.2) is 0 Å². The van der Waals surface area contributed by atoms with Gasteiger partial charge in [0.1, 0.15) is 5.75 Å². The zero-order chi connectivity index (χ0) is 17.2. The van der Waals surface area contributed by atoms with Crippen LogP contribution in [-0.2, 0) is 4.79 Å². The van der Waals surface area contributed by atoms with E-state index in [9.17, 15) is 4.79 Å². The number of carbonyl (C=O) groups is 1. The van der Waals surface area contributed by atoms with Crippen molar-refractivity contribution in [1.29, 1.82) is 0 Å². The van der Waals surface area contributed by atoms with Crippen molar-refractivity contribution in [1.82, 2.24) is 15.1 Å². The van der Waals surface area contributed by atoms with Gasteiger partial charge in [-0.1, -0.05) is 17.3 Å². The Labute approximate surface area is 144 Å². The lowest BCUT2D eigenvalue weighted by molar-refractivity contribution is -0.117. The zero-order valence-electron chi connectivity index (χ0n) is 13.6. The molecule has 1 aliphatic heterocycles. The predicted octanol–water partition coefficient (Wildman–Crippen LogP) is 2.66. The van der Waals surface area contributed by atoms with Crippen LogP contribution >= 0.6 is 0 Å². The smallest absolute Gasteiger partial charge is 0.232 e. The highest BCUT2D eigenvalue weighted by Crippen LogP contribution is 2.36. The van der Waals surface area contributed by atoms with Gasteiger partial charge in [0, 0.05) is 30.9 Å². The minimum atomic E-state index is -0.138. The number of hydrogen-bond acceptors (Lipinski definition) is 6. The number of amides is 1. The molecule has 0 saturated carbocycles. The SMILES string of the molecule is COc1ccccc1N1CC(c2nc(-c3ccncc3)no2)CC1=O. The van der Waals surface area contributed by atoms with Crippen molar-refractivity contribution in [2.24, 2.45) is 0 Å². The van der Waals surface area contributed by atoms with Gasteiger partial charge in [0.25, 0.3) is 0 Å². The molecule has 1 saturated heterocycles. The third-order valence-corrected chi connectivity index (χ3v) is 4.23. The van der Waals surface area contributed by atoms with E-state index in [2.05, 4.69) is 15.1 Å². The van der Waals surface area contributed by atoms with E-state index < -0.39 is 0 Å². The zero-order valence-corrected chi connectivity index (χ0v) is 13.6. The molecule has 0 bridgehead atoms. The van der Waals surface area contributed by atoms with Gasteiger partial charge >= 0.3 is 0 Å². The molecule has 1 aromatic carbocycles. The number of anilines is 1. The first kappa shape index (κ1) is 15.3. The second-order valence-corrected chi connectivity index (χ2v) is 5.77. The van der Waals surface area contributed by atoms with Crippen LogP contribution in [0.2, 0.25) is 0 Å². The maximum atomic E-state index is 12.5. The lowest BCUT2D eigenvalue weighted by Crippen LogP contribution is -2.24. The predicted molar refractivity (Wildman–Crippen MR) is 90.2 cm³/mol. The number of ether oxygens (including phenoxy) is 1. The van der Waals surface area contributed by atoms with E-state index >= 15 is 0 Å². The van der Waals surface area contributed by atoms with Gasteiger partial charge in [0.05, 0.1) is 18.7 Å². The van der Waals surface area contributed by atoms with Crippen LogP contribution in [0.5, 0.6) is 5.75 Å². The molecule has 1 unspecified atom stereocenters. The number of aromatic nitrogens is 3. The summed E-state index contributed by atoms with van der Waals surface area (Å²) in [6.07, 6.45) is 3.68. The molecule has 126 valence electrons. The molecule has 2 aromatic heterocycles. The number of methoxy groups -OCH3 is 1. The van der Waals surface area contributed by atoms with Gasteiger partial charge in [-0.3, -0.25) is 9.78 Å². The van der Waals surface area contributed by atoms with Crippen LogP contribution in [0.3, 0.4) is 0 Å². The number of rotatable bonds is 4. The van der Waals surface area contributed by atoms with E-state index in [1.165, 1.54) is 0 Å². The maximum Gasteiger partial charge on any atom is 0.232 e. The molecule has 1 atom stereocenters. The Bertz CT molecular complexity index is 894. The van der Waals surface area contributed by atoms with E-state index in [0.29, 0.717) is 30.4 Å². The first-order valence-electron chi connectivity index (χ1n) is 7.93. The monoisotopic (exact) mass is 336 g/mol. The van der Waals surface area contributed by atoms with Gasteiger partial charge in [0.2, 0.25) is 17.6 Å². The normalized spacial score (nSPS) is 17.1. The average molecular weight is 336 g/mol. The number of hydrogen-bond donors (Lipinski definition) is 0. The Kier molecular flexibility index (Phi) is 3.89. The number of pyridine rings is 1.